The molecule has 32 heavy (non-hydrogen) atoms. The summed E-state index contributed by atoms with van der Waals surface area (Å²) < 4.78 is 25.5. The molecule has 12 nitrogen and oxygen atoms in total. The van der Waals surface area contributed by atoms with E-state index in [4.69, 9.17) is 23.7 Å². The van der Waals surface area contributed by atoms with Gasteiger partial charge < -0.3 is 23.7 Å². The second-order valence-electron chi connectivity index (χ2n) is 6.00. The lowest BCUT2D eigenvalue weighted by Gasteiger charge is -2.07. The van der Waals surface area contributed by atoms with Gasteiger partial charge in [0, 0.05) is 12.1 Å². The molecule has 0 saturated carbocycles. The Hall–Kier alpha value is -3.74. The summed E-state index contributed by atoms with van der Waals surface area (Å²) in [6.07, 6.45) is 0. The highest BCUT2D eigenvalue weighted by Gasteiger charge is 2.09. The van der Waals surface area contributed by atoms with Crippen LogP contribution in [-0.2, 0) is 23.8 Å². The number of non-ortho nitro benzene ring substituents is 1. The van der Waals surface area contributed by atoms with Crippen LogP contribution >= 0.6 is 0 Å². The zero-order chi connectivity index (χ0) is 23.2. The molecular formula is C20H20N2O10. The minimum absolute atomic E-state index is 0.109. The van der Waals surface area contributed by atoms with Gasteiger partial charge in [-0.25, -0.2) is 9.59 Å². The van der Waals surface area contributed by atoms with Gasteiger partial charge in [-0.05, 0) is 41.6 Å². The number of nitrogens with zero attached hydrogens (tertiary/aromatic N) is 2. The quantitative estimate of drug-likeness (QED) is 0.105. The van der Waals surface area contributed by atoms with Crippen LogP contribution in [0.1, 0.15) is 0 Å². The fourth-order valence-electron chi connectivity index (χ4n) is 2.18. The van der Waals surface area contributed by atoms with Crippen molar-refractivity contribution in [3.8, 4) is 11.5 Å². The second-order valence-corrected chi connectivity index (χ2v) is 6.00. The van der Waals surface area contributed by atoms with Crippen molar-refractivity contribution in [2.24, 2.45) is 5.18 Å². The second kappa shape index (κ2) is 13.5. The van der Waals surface area contributed by atoms with E-state index < -0.39 is 16.9 Å². The molecule has 0 fully saturated rings. The lowest BCUT2D eigenvalue weighted by Crippen LogP contribution is -2.19. The monoisotopic (exact) mass is 448 g/mol. The van der Waals surface area contributed by atoms with Crippen LogP contribution in [0.2, 0.25) is 0 Å². The fourth-order valence-corrected chi connectivity index (χ4v) is 2.18. The van der Waals surface area contributed by atoms with Gasteiger partial charge in [-0.15, -0.1) is 4.91 Å². The van der Waals surface area contributed by atoms with Crippen LogP contribution in [0.3, 0.4) is 0 Å². The summed E-state index contributed by atoms with van der Waals surface area (Å²) in [7, 11) is 0. The SMILES string of the molecule is O=Nc1ccc(OC(=O)COCCOCCOCC(=O)Oc2ccc([N+](=O)[O-])cc2)cc1. The molecule has 0 unspecified atom stereocenters. The Morgan fingerprint density at radius 2 is 1.19 bits per heavy atom. The fraction of sp³-hybridized carbons (Fsp3) is 0.300. The lowest BCUT2D eigenvalue weighted by atomic mass is 10.3. The molecule has 170 valence electrons. The minimum Gasteiger partial charge on any atom is -0.425 e. The third kappa shape index (κ3) is 9.38. The third-order valence-corrected chi connectivity index (χ3v) is 3.64. The molecule has 0 saturated heterocycles. The first-order chi connectivity index (χ1) is 15.5. The number of hydrogen-bond acceptors (Lipinski definition) is 11. The molecule has 0 N–H and O–H groups in total. The van der Waals surface area contributed by atoms with Gasteiger partial charge >= 0.3 is 11.9 Å². The number of ether oxygens (including phenoxy) is 5. The first-order valence-corrected chi connectivity index (χ1v) is 9.30. The van der Waals surface area contributed by atoms with Crippen molar-refractivity contribution in [2.75, 3.05) is 39.6 Å². The molecule has 0 spiro atoms. The number of nitro groups is 1. The first-order valence-electron chi connectivity index (χ1n) is 9.30. The van der Waals surface area contributed by atoms with E-state index in [1.165, 1.54) is 48.5 Å². The lowest BCUT2D eigenvalue weighted by molar-refractivity contribution is -0.384. The van der Waals surface area contributed by atoms with Crippen LogP contribution < -0.4 is 9.47 Å². The average Bonchev–Trinajstić information content (AvgIpc) is 2.78. The van der Waals surface area contributed by atoms with Crippen molar-refractivity contribution in [1.82, 2.24) is 0 Å². The Balaban J connectivity index is 1.46. The van der Waals surface area contributed by atoms with E-state index in [1.807, 2.05) is 0 Å². The summed E-state index contributed by atoms with van der Waals surface area (Å²) >= 11 is 0. The molecule has 0 heterocycles. The van der Waals surface area contributed by atoms with Gasteiger partial charge in [-0.1, -0.05) is 0 Å². The van der Waals surface area contributed by atoms with Crippen molar-refractivity contribution in [3.63, 3.8) is 0 Å². The maximum atomic E-state index is 11.6. The van der Waals surface area contributed by atoms with Crippen LogP contribution in [-0.4, -0.2) is 56.5 Å². The molecule has 0 aliphatic rings. The Labute approximate surface area is 182 Å². The van der Waals surface area contributed by atoms with Gasteiger partial charge in [0.05, 0.1) is 31.4 Å². The van der Waals surface area contributed by atoms with Crippen molar-refractivity contribution >= 4 is 23.3 Å². The molecule has 0 radical (unpaired) electrons. The topological polar surface area (TPSA) is 153 Å². The van der Waals surface area contributed by atoms with Crippen LogP contribution in [0.4, 0.5) is 11.4 Å². The van der Waals surface area contributed by atoms with E-state index in [-0.39, 0.29) is 62.5 Å². The zero-order valence-corrected chi connectivity index (χ0v) is 16.8. The van der Waals surface area contributed by atoms with Gasteiger partial charge in [-0.3, -0.25) is 10.1 Å². The summed E-state index contributed by atoms with van der Waals surface area (Å²) in [6, 6.07) is 10.8. The number of hydrogen-bond donors (Lipinski definition) is 0. The number of carbonyl (C=O) groups excluding carboxylic acids is 2. The van der Waals surface area contributed by atoms with Crippen molar-refractivity contribution in [1.29, 1.82) is 0 Å². The molecule has 2 aromatic carbocycles. The third-order valence-electron chi connectivity index (χ3n) is 3.64. The molecule has 0 aromatic heterocycles. The molecule has 0 aliphatic heterocycles. The van der Waals surface area contributed by atoms with Crippen molar-refractivity contribution < 1.29 is 38.2 Å². The Morgan fingerprint density at radius 1 is 0.750 bits per heavy atom. The average molecular weight is 448 g/mol. The van der Waals surface area contributed by atoms with Crippen LogP contribution in [0, 0.1) is 15.0 Å². The highest BCUT2D eigenvalue weighted by atomic mass is 16.6. The zero-order valence-electron chi connectivity index (χ0n) is 16.8. The standard InChI is InChI=1S/C20H20N2O10/c23-19(31-17-5-1-15(21-25)2-6-17)13-29-11-9-28-10-12-30-14-20(24)32-18-7-3-16(4-8-18)22(26)27/h1-8H,9-14H2. The van der Waals surface area contributed by atoms with E-state index in [9.17, 15) is 24.6 Å². The van der Waals surface area contributed by atoms with Crippen molar-refractivity contribution in [2.45, 2.75) is 0 Å². The maximum absolute atomic E-state index is 11.6. The molecule has 2 rings (SSSR count). The van der Waals surface area contributed by atoms with Crippen molar-refractivity contribution in [3.05, 3.63) is 63.6 Å². The number of esters is 2. The minimum atomic E-state index is -0.655. The van der Waals surface area contributed by atoms with Gasteiger partial charge in [-0.2, -0.15) is 0 Å². The largest absolute Gasteiger partial charge is 0.425 e. The van der Waals surface area contributed by atoms with Gasteiger partial charge in [0.25, 0.3) is 5.69 Å². The number of rotatable bonds is 14. The maximum Gasteiger partial charge on any atom is 0.337 e. The van der Waals surface area contributed by atoms with Crippen LogP contribution in [0.5, 0.6) is 11.5 Å². The molecule has 0 bridgehead atoms. The van der Waals surface area contributed by atoms with E-state index in [0.717, 1.165) is 0 Å². The van der Waals surface area contributed by atoms with E-state index in [0.29, 0.717) is 0 Å². The summed E-state index contributed by atoms with van der Waals surface area (Å²) in [6.45, 7) is 0.0717. The Kier molecular flexibility index (Phi) is 10.4. The highest BCUT2D eigenvalue weighted by Crippen LogP contribution is 2.18. The summed E-state index contributed by atoms with van der Waals surface area (Å²) in [4.78, 5) is 43.6. The molecule has 0 atom stereocenters. The normalized spacial score (nSPS) is 10.4. The molecule has 0 aliphatic carbocycles. The molecule has 12 heteroatoms. The van der Waals surface area contributed by atoms with Gasteiger partial charge in [0.2, 0.25) is 0 Å². The molecular weight excluding hydrogens is 428 g/mol. The number of nitro benzene ring substituents is 1. The number of nitroso groups, excluding NO2 is 1. The molecule has 0 amide bonds. The highest BCUT2D eigenvalue weighted by molar-refractivity contribution is 5.74. The van der Waals surface area contributed by atoms with Crippen LogP contribution in [0.25, 0.3) is 0 Å². The Bertz CT molecular complexity index is 900. The van der Waals surface area contributed by atoms with Crippen LogP contribution in [0.15, 0.2) is 53.7 Å². The number of carbonyl (C=O) groups is 2. The predicted octanol–water partition coefficient (Wildman–Crippen LogP) is 2.55. The van der Waals surface area contributed by atoms with E-state index >= 15 is 0 Å². The molecule has 2 aromatic rings. The smallest absolute Gasteiger partial charge is 0.337 e. The summed E-state index contributed by atoms with van der Waals surface area (Å²) in [5.74, 6) is -0.818. The van der Waals surface area contributed by atoms with E-state index in [1.54, 1.807) is 0 Å². The summed E-state index contributed by atoms with van der Waals surface area (Å²) in [5, 5.41) is 13.3. The predicted molar refractivity (Wildman–Crippen MR) is 109 cm³/mol. The number of benzene rings is 2. The summed E-state index contributed by atoms with van der Waals surface area (Å²) in [5.41, 5.74) is 0.116. The van der Waals surface area contributed by atoms with Gasteiger partial charge in [0.15, 0.2) is 0 Å². The van der Waals surface area contributed by atoms with E-state index in [2.05, 4.69) is 5.18 Å². The Morgan fingerprint density at radius 3 is 1.62 bits per heavy atom. The van der Waals surface area contributed by atoms with Gasteiger partial charge in [0.1, 0.15) is 30.4 Å². The first kappa shape index (κ1) is 24.5.